The van der Waals surface area contributed by atoms with E-state index in [4.69, 9.17) is 4.42 Å². The molecule has 2 spiro atoms. The van der Waals surface area contributed by atoms with Gasteiger partial charge in [-0.3, -0.25) is 9.36 Å². The number of fused-ring (bicyclic) bond motifs is 2. The fourth-order valence-electron chi connectivity index (χ4n) is 12.3. The molecule has 1 aromatic carbocycles. The number of H-pyrrole nitrogens is 1. The van der Waals surface area contributed by atoms with E-state index >= 15 is 0 Å². The van der Waals surface area contributed by atoms with Crippen LogP contribution >= 0.6 is 0 Å². The minimum absolute atomic E-state index is 0.0416. The number of ketones is 1. The zero-order valence-electron chi connectivity index (χ0n) is 27.6. The van der Waals surface area contributed by atoms with E-state index in [1.54, 1.807) is 18.4 Å². The first-order chi connectivity index (χ1) is 22.5. The maximum Gasteiger partial charge on any atom is 0.326 e. The van der Waals surface area contributed by atoms with Gasteiger partial charge in [0.05, 0.1) is 29.0 Å². The standard InChI is InChI=1S/C39H47N3O5/c1-35-14-9-26(43)22-37(35)17-18-39(27(23-37)33(44)30-8-5-21-47-30)31(35)10-15-36(2)32(39)11-16-38(36,46)24-41-19-12-25(13-20-41)42-29-7-4-3-6-28(29)40-34(42)45/h3-8,17-18,21,23,25-26,31-32,43,46H,9-16,19-20,22,24H2,1-2H3,(H,40,45)/t26?,31-,32-,35-,36+,37+,38-,39-/m1/s1. The number of aromatic nitrogens is 2. The van der Waals surface area contributed by atoms with Gasteiger partial charge in [-0.05, 0) is 99.3 Å². The summed E-state index contributed by atoms with van der Waals surface area (Å²) in [7, 11) is 0. The van der Waals surface area contributed by atoms with Crippen LogP contribution < -0.4 is 5.69 Å². The summed E-state index contributed by atoms with van der Waals surface area (Å²) in [6, 6.07) is 11.6. The number of nitrogens with zero attached hydrogens (tertiary/aromatic N) is 2. The monoisotopic (exact) mass is 637 g/mol. The number of aliphatic hydroxyl groups is 2. The first-order valence-electron chi connectivity index (χ1n) is 17.9. The highest BCUT2D eigenvalue weighted by molar-refractivity contribution is 6.08. The van der Waals surface area contributed by atoms with Gasteiger partial charge in [-0.1, -0.05) is 44.2 Å². The van der Waals surface area contributed by atoms with Crippen molar-refractivity contribution in [2.24, 2.45) is 33.5 Å². The highest BCUT2D eigenvalue weighted by Crippen LogP contribution is 2.78. The van der Waals surface area contributed by atoms with E-state index in [1.807, 2.05) is 28.8 Å². The van der Waals surface area contributed by atoms with Gasteiger partial charge in [-0.2, -0.15) is 0 Å². The Morgan fingerprint density at radius 2 is 1.70 bits per heavy atom. The fraction of sp³-hybridized carbons (Fsp3) is 0.590. The molecule has 1 aliphatic heterocycles. The lowest BCUT2D eigenvalue weighted by atomic mass is 9.32. The Bertz CT molecular complexity index is 1860. The summed E-state index contributed by atoms with van der Waals surface area (Å²) in [4.78, 5) is 32.7. The third-order valence-electron chi connectivity index (χ3n) is 14.7. The van der Waals surface area contributed by atoms with Crippen molar-refractivity contribution < 1.29 is 19.4 Å². The normalized spacial score (nSPS) is 41.4. The molecule has 6 aliphatic carbocycles. The van der Waals surface area contributed by atoms with Crippen molar-refractivity contribution in [1.29, 1.82) is 0 Å². The Morgan fingerprint density at radius 1 is 0.957 bits per heavy atom. The van der Waals surface area contributed by atoms with Crippen LogP contribution in [0.3, 0.4) is 0 Å². The molecule has 47 heavy (non-hydrogen) atoms. The van der Waals surface area contributed by atoms with Crippen molar-refractivity contribution in [3.8, 4) is 0 Å². The maximum atomic E-state index is 14.4. The number of carbonyl (C=O) groups is 1. The van der Waals surface area contributed by atoms with E-state index in [9.17, 15) is 19.8 Å². The minimum atomic E-state index is -0.885. The first-order valence-corrected chi connectivity index (χ1v) is 17.9. The van der Waals surface area contributed by atoms with Crippen LogP contribution in [0.2, 0.25) is 0 Å². The van der Waals surface area contributed by atoms with Crippen LogP contribution in [0.4, 0.5) is 0 Å². The molecule has 1 saturated heterocycles. The molecule has 7 aliphatic rings. The zero-order valence-corrected chi connectivity index (χ0v) is 27.6. The van der Waals surface area contributed by atoms with Gasteiger partial charge in [0, 0.05) is 47.5 Å². The van der Waals surface area contributed by atoms with Gasteiger partial charge in [0.25, 0.3) is 0 Å². The fourth-order valence-corrected chi connectivity index (χ4v) is 12.3. The number of benzene rings is 1. The van der Waals surface area contributed by atoms with Crippen LogP contribution in [-0.2, 0) is 0 Å². The summed E-state index contributed by atoms with van der Waals surface area (Å²) in [5.74, 6) is 0.708. The Balaban J connectivity index is 1.03. The van der Waals surface area contributed by atoms with E-state index in [0.717, 1.165) is 74.6 Å². The number of Topliss-reactive ketones (excluding diaryl/α,β-unsaturated/α-hetero) is 1. The van der Waals surface area contributed by atoms with Gasteiger partial charge >= 0.3 is 5.69 Å². The molecule has 3 saturated carbocycles. The number of β-amino-alcohol motifs (C(OH)–C–C–N with tert-alkyl or cyclic N) is 1. The van der Waals surface area contributed by atoms with Crippen molar-refractivity contribution in [2.45, 2.75) is 89.4 Å². The van der Waals surface area contributed by atoms with E-state index in [1.165, 1.54) is 0 Å². The van der Waals surface area contributed by atoms with Crippen molar-refractivity contribution in [3.63, 3.8) is 0 Å². The van der Waals surface area contributed by atoms with Crippen LogP contribution in [0, 0.1) is 33.5 Å². The third-order valence-corrected chi connectivity index (χ3v) is 14.7. The number of para-hydroxylation sites is 2. The molecular weight excluding hydrogens is 590 g/mol. The molecular formula is C39H47N3O5. The summed E-state index contributed by atoms with van der Waals surface area (Å²) in [5, 5.41) is 23.7. The first kappa shape index (κ1) is 29.9. The average molecular weight is 638 g/mol. The van der Waals surface area contributed by atoms with Crippen LogP contribution in [0.5, 0.6) is 0 Å². The molecule has 248 valence electrons. The van der Waals surface area contributed by atoms with Crippen molar-refractivity contribution in [1.82, 2.24) is 14.5 Å². The van der Waals surface area contributed by atoms with Gasteiger partial charge in [-0.15, -0.1) is 0 Å². The number of aromatic amines is 1. The second-order valence-electron chi connectivity index (χ2n) is 16.4. The summed E-state index contributed by atoms with van der Waals surface area (Å²) >= 11 is 0. The van der Waals surface area contributed by atoms with Crippen LogP contribution in [0.1, 0.15) is 88.2 Å². The van der Waals surface area contributed by atoms with Gasteiger partial charge in [0.2, 0.25) is 5.78 Å². The molecule has 4 fully saturated rings. The van der Waals surface area contributed by atoms with Crippen molar-refractivity contribution >= 4 is 16.8 Å². The van der Waals surface area contributed by atoms with E-state index in [0.29, 0.717) is 25.1 Å². The van der Waals surface area contributed by atoms with Crippen molar-refractivity contribution in [3.05, 3.63) is 82.7 Å². The Labute approximate surface area is 275 Å². The average Bonchev–Trinajstić information content (AvgIpc) is 3.78. The Hall–Kier alpha value is -3.20. The number of furan rings is 1. The lowest BCUT2D eigenvalue weighted by Crippen LogP contribution is -2.67. The van der Waals surface area contributed by atoms with Crippen molar-refractivity contribution in [2.75, 3.05) is 19.6 Å². The largest absolute Gasteiger partial charge is 0.461 e. The molecule has 2 aromatic heterocycles. The number of nitrogens with one attached hydrogen (secondary N) is 1. The number of likely N-dealkylation sites (tertiary alicyclic amines) is 1. The lowest BCUT2D eigenvalue weighted by molar-refractivity contribution is -0.176. The number of piperidine rings is 1. The van der Waals surface area contributed by atoms with Gasteiger partial charge in [0.1, 0.15) is 0 Å². The molecule has 8 heteroatoms. The zero-order chi connectivity index (χ0) is 32.4. The maximum absolute atomic E-state index is 14.4. The summed E-state index contributed by atoms with van der Waals surface area (Å²) < 4.78 is 7.65. The number of hydrogen-bond donors (Lipinski definition) is 3. The SMILES string of the molecule is C[C@]12CC[C@H]3[C@]4(C=C[C@@]5(C=C4C(=O)c4ccco4)CC(O)CC[C@]35C)[C@@H]1CC[C@@]2(O)CN1CCC(n2c(=O)[nH]c3ccccc32)CC1. The van der Waals surface area contributed by atoms with Gasteiger partial charge in [0.15, 0.2) is 5.76 Å². The molecule has 8 nitrogen and oxygen atoms in total. The summed E-state index contributed by atoms with van der Waals surface area (Å²) in [5.41, 5.74) is 0.475. The Kier molecular flexibility index (Phi) is 6.31. The topological polar surface area (TPSA) is 112 Å². The molecule has 10 rings (SSSR count). The van der Waals surface area contributed by atoms with E-state index in [2.05, 4.69) is 42.0 Å². The van der Waals surface area contributed by atoms with E-state index < -0.39 is 11.0 Å². The highest BCUT2D eigenvalue weighted by Gasteiger charge is 2.74. The molecule has 3 aromatic rings. The lowest BCUT2D eigenvalue weighted by Gasteiger charge is -2.71. The van der Waals surface area contributed by atoms with Crippen LogP contribution in [0.15, 0.2) is 75.7 Å². The number of carbonyl (C=O) groups excluding carboxylic acids is 1. The molecule has 0 amide bonds. The summed E-state index contributed by atoms with van der Waals surface area (Å²) in [6.07, 6.45) is 15.7. The predicted octanol–water partition coefficient (Wildman–Crippen LogP) is 6.03. The van der Waals surface area contributed by atoms with Crippen LogP contribution in [-0.4, -0.2) is 61.8 Å². The number of imidazole rings is 1. The third kappa shape index (κ3) is 3.81. The second-order valence-corrected chi connectivity index (χ2v) is 16.4. The van der Waals surface area contributed by atoms with Crippen LogP contribution in [0.25, 0.3) is 11.0 Å². The highest BCUT2D eigenvalue weighted by atomic mass is 16.3. The number of rotatable bonds is 5. The molecule has 8 atom stereocenters. The molecule has 3 N–H and O–H groups in total. The molecule has 3 heterocycles. The molecule has 0 radical (unpaired) electrons. The predicted molar refractivity (Wildman–Crippen MR) is 179 cm³/mol. The smallest absolute Gasteiger partial charge is 0.326 e. The minimum Gasteiger partial charge on any atom is -0.461 e. The molecule has 1 unspecified atom stereocenters. The summed E-state index contributed by atoms with van der Waals surface area (Å²) in [6.45, 7) is 6.99. The molecule has 2 bridgehead atoms. The Morgan fingerprint density at radius 3 is 2.49 bits per heavy atom. The number of hydrogen-bond acceptors (Lipinski definition) is 6. The van der Waals surface area contributed by atoms with Gasteiger partial charge in [-0.25, -0.2) is 4.79 Å². The number of allylic oxidation sites excluding steroid dienone is 4. The second kappa shape index (κ2) is 9.93. The number of aliphatic hydroxyl groups excluding tert-OH is 1. The quantitative estimate of drug-likeness (QED) is 0.233. The van der Waals surface area contributed by atoms with Gasteiger partial charge < -0.3 is 24.5 Å². The van der Waals surface area contributed by atoms with E-state index in [-0.39, 0.29) is 51.7 Å².